The number of rotatable bonds is 3. The van der Waals surface area contributed by atoms with Crippen molar-refractivity contribution in [1.82, 2.24) is 0 Å². The Morgan fingerprint density at radius 1 is 1.05 bits per heavy atom. The van der Waals surface area contributed by atoms with E-state index in [4.69, 9.17) is 16.3 Å². The lowest BCUT2D eigenvalue weighted by molar-refractivity contribution is -0.135. The molecule has 0 bridgehead atoms. The molecule has 2 aromatic carbocycles. The second-order valence-electron chi connectivity index (χ2n) is 4.73. The molecule has 19 heavy (non-hydrogen) atoms. The summed E-state index contributed by atoms with van der Waals surface area (Å²) in [5, 5.41) is 0.633. The van der Waals surface area contributed by atoms with Crippen LogP contribution >= 0.6 is 11.6 Å². The van der Waals surface area contributed by atoms with Crippen LogP contribution < -0.4 is 4.74 Å². The van der Waals surface area contributed by atoms with Crippen LogP contribution in [0.3, 0.4) is 0 Å². The lowest BCUT2D eigenvalue weighted by Crippen LogP contribution is -2.11. The van der Waals surface area contributed by atoms with Crippen molar-refractivity contribution in [1.29, 1.82) is 0 Å². The molecule has 3 heteroatoms. The fourth-order valence-corrected chi connectivity index (χ4v) is 2.34. The molecule has 0 saturated heterocycles. The second kappa shape index (κ2) is 5.06. The zero-order valence-corrected chi connectivity index (χ0v) is 11.0. The summed E-state index contributed by atoms with van der Waals surface area (Å²) < 4.78 is 5.35. The Morgan fingerprint density at radius 3 is 2.42 bits per heavy atom. The number of hydrogen-bond acceptors (Lipinski definition) is 2. The summed E-state index contributed by atoms with van der Waals surface area (Å²) in [4.78, 5) is 12.0. The molecule has 0 heterocycles. The maximum absolute atomic E-state index is 12.0. The number of carbonyl (C=O) groups excluding carboxylic acids is 1. The third-order valence-corrected chi connectivity index (χ3v) is 3.60. The Kier molecular flexibility index (Phi) is 3.26. The first-order valence-corrected chi connectivity index (χ1v) is 6.64. The molecule has 2 unspecified atom stereocenters. The quantitative estimate of drug-likeness (QED) is 0.622. The molecule has 3 rings (SSSR count). The summed E-state index contributed by atoms with van der Waals surface area (Å²) in [6.07, 6.45) is 0.871. The highest BCUT2D eigenvalue weighted by atomic mass is 35.5. The lowest BCUT2D eigenvalue weighted by atomic mass is 10.1. The SMILES string of the molecule is O=C(Oc1ccc(Cl)cc1)C1CC1c1ccccc1. The van der Waals surface area contributed by atoms with Gasteiger partial charge in [0.1, 0.15) is 5.75 Å². The van der Waals surface area contributed by atoms with E-state index in [0.29, 0.717) is 16.7 Å². The average molecular weight is 273 g/mol. The Labute approximate surface area is 117 Å². The van der Waals surface area contributed by atoms with Gasteiger partial charge in [-0.15, -0.1) is 0 Å². The largest absolute Gasteiger partial charge is 0.426 e. The summed E-state index contributed by atoms with van der Waals surface area (Å²) in [5.74, 6) is 0.684. The van der Waals surface area contributed by atoms with Gasteiger partial charge in [0.2, 0.25) is 0 Å². The van der Waals surface area contributed by atoms with E-state index in [0.717, 1.165) is 6.42 Å². The smallest absolute Gasteiger partial charge is 0.314 e. The molecule has 2 atom stereocenters. The van der Waals surface area contributed by atoms with Crippen LogP contribution in [-0.4, -0.2) is 5.97 Å². The van der Waals surface area contributed by atoms with Gasteiger partial charge >= 0.3 is 5.97 Å². The van der Waals surface area contributed by atoms with Crippen molar-refractivity contribution in [3.8, 4) is 5.75 Å². The molecule has 0 aliphatic heterocycles. The van der Waals surface area contributed by atoms with Gasteiger partial charge in [0.25, 0.3) is 0 Å². The number of halogens is 1. The van der Waals surface area contributed by atoms with E-state index >= 15 is 0 Å². The predicted molar refractivity (Wildman–Crippen MR) is 74.4 cm³/mol. The van der Waals surface area contributed by atoms with Crippen LogP contribution in [0.15, 0.2) is 54.6 Å². The van der Waals surface area contributed by atoms with Gasteiger partial charge in [0.15, 0.2) is 0 Å². The molecule has 0 amide bonds. The maximum Gasteiger partial charge on any atom is 0.314 e. The predicted octanol–water partition coefficient (Wildman–Crippen LogP) is 4.05. The zero-order valence-electron chi connectivity index (χ0n) is 10.3. The Hall–Kier alpha value is -1.80. The van der Waals surface area contributed by atoms with Gasteiger partial charge in [-0.25, -0.2) is 0 Å². The molecule has 1 aliphatic carbocycles. The molecule has 0 spiro atoms. The molecule has 1 saturated carbocycles. The standard InChI is InChI=1S/C16H13ClO2/c17-12-6-8-13(9-7-12)19-16(18)15-10-14(15)11-4-2-1-3-5-11/h1-9,14-15H,10H2. The van der Waals surface area contributed by atoms with Gasteiger partial charge in [0, 0.05) is 5.02 Å². The van der Waals surface area contributed by atoms with E-state index < -0.39 is 0 Å². The minimum atomic E-state index is -0.156. The monoisotopic (exact) mass is 272 g/mol. The summed E-state index contributed by atoms with van der Waals surface area (Å²) >= 11 is 5.79. The molecule has 2 aromatic rings. The van der Waals surface area contributed by atoms with Crippen LogP contribution in [0.25, 0.3) is 0 Å². The van der Waals surface area contributed by atoms with E-state index in [1.807, 2.05) is 18.2 Å². The van der Waals surface area contributed by atoms with E-state index in [-0.39, 0.29) is 11.9 Å². The van der Waals surface area contributed by atoms with Gasteiger partial charge < -0.3 is 4.74 Å². The molecule has 0 radical (unpaired) electrons. The van der Waals surface area contributed by atoms with Gasteiger partial charge in [-0.3, -0.25) is 4.79 Å². The Bertz CT molecular complexity index is 577. The van der Waals surface area contributed by atoms with Gasteiger partial charge in [-0.1, -0.05) is 41.9 Å². The minimum Gasteiger partial charge on any atom is -0.426 e. The fraction of sp³-hybridized carbons (Fsp3) is 0.188. The van der Waals surface area contributed by atoms with Gasteiger partial charge in [-0.2, -0.15) is 0 Å². The molecule has 0 N–H and O–H groups in total. The van der Waals surface area contributed by atoms with Crippen LogP contribution in [0, 0.1) is 5.92 Å². The van der Waals surface area contributed by atoms with E-state index in [2.05, 4.69) is 12.1 Å². The van der Waals surface area contributed by atoms with Gasteiger partial charge in [-0.05, 0) is 42.2 Å². The highest BCUT2D eigenvalue weighted by Crippen LogP contribution is 2.48. The first-order chi connectivity index (χ1) is 9.24. The number of carbonyl (C=O) groups is 1. The van der Waals surface area contributed by atoms with Crippen LogP contribution in [0.4, 0.5) is 0 Å². The van der Waals surface area contributed by atoms with Crippen LogP contribution in [0.1, 0.15) is 17.9 Å². The summed E-state index contributed by atoms with van der Waals surface area (Å²) in [6.45, 7) is 0. The topological polar surface area (TPSA) is 26.3 Å². The Morgan fingerprint density at radius 2 is 1.74 bits per heavy atom. The van der Waals surface area contributed by atoms with Gasteiger partial charge in [0.05, 0.1) is 5.92 Å². The number of ether oxygens (including phenoxy) is 1. The molecule has 96 valence electrons. The third-order valence-electron chi connectivity index (χ3n) is 3.35. The zero-order chi connectivity index (χ0) is 13.2. The molecular weight excluding hydrogens is 260 g/mol. The summed E-state index contributed by atoms with van der Waals surface area (Å²) in [6, 6.07) is 16.9. The second-order valence-corrected chi connectivity index (χ2v) is 5.17. The Balaban J connectivity index is 1.63. The van der Waals surface area contributed by atoms with Crippen molar-refractivity contribution in [2.45, 2.75) is 12.3 Å². The normalized spacial score (nSPS) is 20.9. The summed E-state index contributed by atoms with van der Waals surface area (Å²) in [7, 11) is 0. The maximum atomic E-state index is 12.0. The van der Waals surface area contributed by atoms with Crippen LogP contribution in [0.5, 0.6) is 5.75 Å². The molecule has 1 aliphatic rings. The first-order valence-electron chi connectivity index (χ1n) is 6.26. The number of esters is 1. The number of hydrogen-bond donors (Lipinski definition) is 0. The van der Waals surface area contributed by atoms with Crippen LogP contribution in [-0.2, 0) is 4.79 Å². The third kappa shape index (κ3) is 2.79. The molecular formula is C16H13ClO2. The van der Waals surface area contributed by atoms with E-state index in [1.54, 1.807) is 24.3 Å². The number of benzene rings is 2. The van der Waals surface area contributed by atoms with E-state index in [1.165, 1.54) is 5.56 Å². The van der Waals surface area contributed by atoms with Crippen molar-refractivity contribution >= 4 is 17.6 Å². The average Bonchev–Trinajstić information content (AvgIpc) is 3.23. The fourth-order valence-electron chi connectivity index (χ4n) is 2.22. The first kappa shape index (κ1) is 12.2. The van der Waals surface area contributed by atoms with Crippen molar-refractivity contribution in [2.24, 2.45) is 5.92 Å². The van der Waals surface area contributed by atoms with Crippen molar-refractivity contribution < 1.29 is 9.53 Å². The van der Waals surface area contributed by atoms with Crippen LogP contribution in [0.2, 0.25) is 5.02 Å². The highest BCUT2D eigenvalue weighted by Gasteiger charge is 2.45. The minimum absolute atomic E-state index is 0.0157. The van der Waals surface area contributed by atoms with Crippen molar-refractivity contribution in [3.63, 3.8) is 0 Å². The lowest BCUT2D eigenvalue weighted by Gasteiger charge is -2.04. The highest BCUT2D eigenvalue weighted by molar-refractivity contribution is 6.30. The summed E-state index contributed by atoms with van der Waals surface area (Å²) in [5.41, 5.74) is 1.21. The molecule has 1 fully saturated rings. The van der Waals surface area contributed by atoms with Crippen molar-refractivity contribution in [2.75, 3.05) is 0 Å². The van der Waals surface area contributed by atoms with E-state index in [9.17, 15) is 4.79 Å². The molecule has 0 aromatic heterocycles. The van der Waals surface area contributed by atoms with Crippen molar-refractivity contribution in [3.05, 3.63) is 65.2 Å². The molecule has 2 nitrogen and oxygen atoms in total.